The van der Waals surface area contributed by atoms with Crippen molar-refractivity contribution in [3.05, 3.63) is 28.8 Å². The normalized spacial score (nSPS) is 18.4. The van der Waals surface area contributed by atoms with Crippen molar-refractivity contribution >= 4 is 17.5 Å². The lowest BCUT2D eigenvalue weighted by molar-refractivity contribution is 0.0946. The Balaban J connectivity index is 1.75. The van der Waals surface area contributed by atoms with Crippen LogP contribution in [0.1, 0.15) is 56.8 Å². The Hall–Kier alpha value is -1.26. The fourth-order valence-corrected chi connectivity index (χ4v) is 3.46. The Bertz CT molecular complexity index is 563. The van der Waals surface area contributed by atoms with Gasteiger partial charge in [0.2, 0.25) is 0 Å². The molecule has 0 aliphatic carbocycles. The zero-order valence-electron chi connectivity index (χ0n) is 15.7. The molecule has 1 aromatic carbocycles. The summed E-state index contributed by atoms with van der Waals surface area (Å²) in [7, 11) is 0. The van der Waals surface area contributed by atoms with Gasteiger partial charge in [-0.05, 0) is 76.7 Å². The van der Waals surface area contributed by atoms with Crippen LogP contribution in [0.15, 0.2) is 18.2 Å². The molecule has 140 valence electrons. The molecule has 1 fully saturated rings. The number of benzene rings is 1. The second kappa shape index (κ2) is 10.0. The molecule has 1 aliphatic rings. The lowest BCUT2D eigenvalue weighted by Crippen LogP contribution is -2.35. The first-order chi connectivity index (χ1) is 12.0. The molecule has 5 heteroatoms. The number of hydrogen-bond donors (Lipinski definition) is 1. The third kappa shape index (κ3) is 6.87. The highest BCUT2D eigenvalue weighted by molar-refractivity contribution is 6.31. The van der Waals surface area contributed by atoms with E-state index in [1.807, 2.05) is 13.8 Å². The molecular weight excluding hydrogens is 336 g/mol. The summed E-state index contributed by atoms with van der Waals surface area (Å²) >= 11 is 6.04. The van der Waals surface area contributed by atoms with E-state index < -0.39 is 0 Å². The van der Waals surface area contributed by atoms with Crippen LogP contribution in [-0.4, -0.2) is 43.1 Å². The molecule has 1 aliphatic heterocycles. The van der Waals surface area contributed by atoms with Crippen molar-refractivity contribution in [1.82, 2.24) is 10.2 Å². The number of carbonyl (C=O) groups excluding carboxylic acids is 1. The zero-order chi connectivity index (χ0) is 18.2. The van der Waals surface area contributed by atoms with Crippen molar-refractivity contribution in [1.29, 1.82) is 0 Å². The largest absolute Gasteiger partial charge is 0.490 e. The monoisotopic (exact) mass is 366 g/mol. The molecule has 1 atom stereocenters. The average Bonchev–Trinajstić information content (AvgIpc) is 2.55. The Morgan fingerprint density at radius 2 is 2.20 bits per heavy atom. The predicted molar refractivity (Wildman–Crippen MR) is 104 cm³/mol. The van der Waals surface area contributed by atoms with Gasteiger partial charge in [0.1, 0.15) is 5.75 Å². The number of rotatable bonds is 8. The van der Waals surface area contributed by atoms with Gasteiger partial charge in [0.25, 0.3) is 5.91 Å². The van der Waals surface area contributed by atoms with Crippen LogP contribution in [0.4, 0.5) is 0 Å². The van der Waals surface area contributed by atoms with E-state index in [0.29, 0.717) is 22.9 Å². The molecule has 2 rings (SSSR count). The van der Waals surface area contributed by atoms with E-state index in [1.54, 1.807) is 18.2 Å². The van der Waals surface area contributed by atoms with Crippen LogP contribution < -0.4 is 10.1 Å². The molecule has 1 N–H and O–H groups in total. The van der Waals surface area contributed by atoms with Crippen molar-refractivity contribution in [2.75, 3.05) is 26.2 Å². The van der Waals surface area contributed by atoms with Crippen LogP contribution in [-0.2, 0) is 0 Å². The van der Waals surface area contributed by atoms with E-state index in [1.165, 1.54) is 25.9 Å². The van der Waals surface area contributed by atoms with Gasteiger partial charge in [0.05, 0.1) is 11.7 Å². The van der Waals surface area contributed by atoms with E-state index >= 15 is 0 Å². The maximum absolute atomic E-state index is 12.4. The summed E-state index contributed by atoms with van der Waals surface area (Å²) in [6, 6.07) is 5.17. The summed E-state index contributed by atoms with van der Waals surface area (Å²) in [5, 5.41) is 3.53. The maximum Gasteiger partial charge on any atom is 0.255 e. The smallest absolute Gasteiger partial charge is 0.255 e. The summed E-state index contributed by atoms with van der Waals surface area (Å²) in [5.74, 6) is 1.28. The standard InChI is InChI=1S/C20H31ClN2O2/c1-15(2)25-19-9-8-17(21)13-18(19)20(24)22-10-4-5-11-23-12-6-7-16(3)14-23/h8-9,13,15-16H,4-7,10-12,14H2,1-3H3,(H,22,24). The van der Waals surface area contributed by atoms with Gasteiger partial charge in [0.15, 0.2) is 0 Å². The minimum Gasteiger partial charge on any atom is -0.490 e. The second-order valence-corrected chi connectivity index (χ2v) is 7.75. The molecule has 0 saturated carbocycles. The highest BCUT2D eigenvalue weighted by Gasteiger charge is 2.16. The molecule has 0 aromatic heterocycles. The SMILES string of the molecule is CC1CCCN(CCCCNC(=O)c2cc(Cl)ccc2OC(C)C)C1. The molecule has 1 aromatic rings. The number of nitrogens with zero attached hydrogens (tertiary/aromatic N) is 1. The van der Waals surface area contributed by atoms with Crippen LogP contribution in [0.5, 0.6) is 5.75 Å². The van der Waals surface area contributed by atoms with E-state index in [9.17, 15) is 4.79 Å². The average molecular weight is 367 g/mol. The van der Waals surface area contributed by atoms with Gasteiger partial charge in [-0.1, -0.05) is 18.5 Å². The van der Waals surface area contributed by atoms with Crippen LogP contribution in [0, 0.1) is 5.92 Å². The Kier molecular flexibility index (Phi) is 8.04. The molecular formula is C20H31ClN2O2. The number of carbonyl (C=O) groups is 1. The first-order valence-corrected chi connectivity index (χ1v) is 9.80. The van der Waals surface area contributed by atoms with Crippen molar-refractivity contribution in [3.8, 4) is 5.75 Å². The zero-order valence-corrected chi connectivity index (χ0v) is 16.4. The number of likely N-dealkylation sites (tertiary alicyclic amines) is 1. The lowest BCUT2D eigenvalue weighted by Gasteiger charge is -2.30. The number of hydrogen-bond acceptors (Lipinski definition) is 3. The maximum atomic E-state index is 12.4. The van der Waals surface area contributed by atoms with Gasteiger partial charge in [-0.3, -0.25) is 4.79 Å². The minimum absolute atomic E-state index is 0.0136. The van der Waals surface area contributed by atoms with E-state index in [2.05, 4.69) is 17.1 Å². The number of unbranched alkanes of at least 4 members (excludes halogenated alkanes) is 1. The van der Waals surface area contributed by atoms with Gasteiger partial charge < -0.3 is 15.0 Å². The molecule has 4 nitrogen and oxygen atoms in total. The minimum atomic E-state index is -0.121. The van der Waals surface area contributed by atoms with E-state index in [4.69, 9.17) is 16.3 Å². The predicted octanol–water partition coefficient (Wildman–Crippen LogP) is 4.37. The van der Waals surface area contributed by atoms with Crippen molar-refractivity contribution in [2.24, 2.45) is 5.92 Å². The first-order valence-electron chi connectivity index (χ1n) is 9.42. The van der Waals surface area contributed by atoms with Crippen molar-refractivity contribution in [2.45, 2.75) is 52.6 Å². The van der Waals surface area contributed by atoms with Gasteiger partial charge in [-0.2, -0.15) is 0 Å². The Morgan fingerprint density at radius 3 is 2.92 bits per heavy atom. The quantitative estimate of drug-likeness (QED) is 0.694. The number of amides is 1. The summed E-state index contributed by atoms with van der Waals surface area (Å²) in [6.07, 6.45) is 4.77. The van der Waals surface area contributed by atoms with Crippen LogP contribution >= 0.6 is 11.6 Å². The Morgan fingerprint density at radius 1 is 1.40 bits per heavy atom. The molecule has 0 bridgehead atoms. The molecule has 25 heavy (non-hydrogen) atoms. The lowest BCUT2D eigenvalue weighted by atomic mass is 10.0. The highest BCUT2D eigenvalue weighted by atomic mass is 35.5. The topological polar surface area (TPSA) is 41.6 Å². The molecule has 1 amide bonds. The summed E-state index contributed by atoms with van der Waals surface area (Å²) < 4.78 is 5.71. The van der Waals surface area contributed by atoms with E-state index in [0.717, 1.165) is 25.3 Å². The molecule has 1 saturated heterocycles. The summed E-state index contributed by atoms with van der Waals surface area (Å²) in [5.41, 5.74) is 0.506. The summed E-state index contributed by atoms with van der Waals surface area (Å²) in [6.45, 7) is 10.4. The van der Waals surface area contributed by atoms with Gasteiger partial charge >= 0.3 is 0 Å². The molecule has 1 heterocycles. The van der Waals surface area contributed by atoms with Crippen LogP contribution in [0.3, 0.4) is 0 Å². The molecule has 1 unspecified atom stereocenters. The fourth-order valence-electron chi connectivity index (χ4n) is 3.28. The van der Waals surface area contributed by atoms with Gasteiger partial charge in [-0.25, -0.2) is 0 Å². The molecule has 0 spiro atoms. The summed E-state index contributed by atoms with van der Waals surface area (Å²) in [4.78, 5) is 15.0. The van der Waals surface area contributed by atoms with Gasteiger partial charge in [0, 0.05) is 18.1 Å². The Labute approximate surface area is 156 Å². The molecule has 0 radical (unpaired) electrons. The van der Waals surface area contributed by atoms with Crippen molar-refractivity contribution in [3.63, 3.8) is 0 Å². The highest BCUT2D eigenvalue weighted by Crippen LogP contribution is 2.24. The van der Waals surface area contributed by atoms with Crippen molar-refractivity contribution < 1.29 is 9.53 Å². The number of halogens is 1. The number of piperidine rings is 1. The fraction of sp³-hybridized carbons (Fsp3) is 0.650. The second-order valence-electron chi connectivity index (χ2n) is 7.32. The third-order valence-electron chi connectivity index (χ3n) is 4.48. The third-order valence-corrected chi connectivity index (χ3v) is 4.71. The number of nitrogens with one attached hydrogen (secondary N) is 1. The van der Waals surface area contributed by atoms with Crippen LogP contribution in [0.2, 0.25) is 5.02 Å². The van der Waals surface area contributed by atoms with Gasteiger partial charge in [-0.15, -0.1) is 0 Å². The van der Waals surface area contributed by atoms with E-state index in [-0.39, 0.29) is 12.0 Å². The number of ether oxygens (including phenoxy) is 1. The first kappa shape index (κ1) is 20.1. The van der Waals surface area contributed by atoms with Crippen LogP contribution in [0.25, 0.3) is 0 Å².